The van der Waals surface area contributed by atoms with Gasteiger partial charge in [0.15, 0.2) is 11.9 Å². The lowest BCUT2D eigenvalue weighted by Crippen LogP contribution is -2.50. The van der Waals surface area contributed by atoms with E-state index >= 15 is 0 Å². The van der Waals surface area contributed by atoms with Gasteiger partial charge in [0.25, 0.3) is 15.9 Å². The fraction of sp³-hybridized carbons (Fsp3) is 0.550. The van der Waals surface area contributed by atoms with E-state index in [-0.39, 0.29) is 22.6 Å². The molecule has 0 bridgehead atoms. The van der Waals surface area contributed by atoms with Gasteiger partial charge < -0.3 is 15.0 Å². The third-order valence-corrected chi connectivity index (χ3v) is 6.33. The van der Waals surface area contributed by atoms with Crippen molar-refractivity contribution < 1.29 is 22.7 Å². The van der Waals surface area contributed by atoms with Gasteiger partial charge in [0.05, 0.1) is 0 Å². The first-order chi connectivity index (χ1) is 13.7. The van der Waals surface area contributed by atoms with E-state index in [2.05, 4.69) is 9.71 Å². The second kappa shape index (κ2) is 8.52. The minimum absolute atomic E-state index is 0.147. The van der Waals surface area contributed by atoms with Crippen molar-refractivity contribution in [2.45, 2.75) is 57.1 Å². The molecule has 1 aromatic rings. The second-order valence-electron chi connectivity index (χ2n) is 7.81. The summed E-state index contributed by atoms with van der Waals surface area (Å²) in [6.45, 7) is 6.49. The Kier molecular flexibility index (Phi) is 6.26. The molecule has 0 radical (unpaired) electrons. The van der Waals surface area contributed by atoms with Gasteiger partial charge in [-0.2, -0.15) is 8.42 Å². The summed E-state index contributed by atoms with van der Waals surface area (Å²) in [5, 5.41) is 2.75. The van der Waals surface area contributed by atoms with Gasteiger partial charge in [0.1, 0.15) is 10.9 Å². The van der Waals surface area contributed by atoms with Gasteiger partial charge in [0.2, 0.25) is 0 Å². The Balaban J connectivity index is 1.77. The molecule has 0 aromatic heterocycles. The molecule has 1 fully saturated rings. The molecule has 1 N–H and O–H groups in total. The molecule has 9 heteroatoms. The largest absolute Gasteiger partial charge is 0.451 e. The zero-order valence-electron chi connectivity index (χ0n) is 16.9. The van der Waals surface area contributed by atoms with Crippen molar-refractivity contribution in [1.29, 1.82) is 0 Å². The fourth-order valence-electron chi connectivity index (χ4n) is 3.48. The molecule has 2 atom stereocenters. The monoisotopic (exact) mass is 421 g/mol. The molecule has 1 aromatic carbocycles. The first-order valence-corrected chi connectivity index (χ1v) is 11.3. The van der Waals surface area contributed by atoms with Gasteiger partial charge >= 0.3 is 5.97 Å². The number of hydrogen-bond donors (Lipinski definition) is 1. The highest BCUT2D eigenvalue weighted by Crippen LogP contribution is 2.31. The lowest BCUT2D eigenvalue weighted by Gasteiger charge is -2.35. The molecule has 8 nitrogen and oxygen atoms in total. The number of hydrogen-bond acceptors (Lipinski definition) is 6. The van der Waals surface area contributed by atoms with E-state index in [9.17, 15) is 18.0 Å². The molecular formula is C20H27N3O5S. The van der Waals surface area contributed by atoms with Gasteiger partial charge in [-0.05, 0) is 44.2 Å². The average Bonchev–Trinajstić information content (AvgIpc) is 2.97. The molecule has 158 valence electrons. The molecule has 0 spiro atoms. The third kappa shape index (κ3) is 4.60. The zero-order chi connectivity index (χ0) is 21.2. The summed E-state index contributed by atoms with van der Waals surface area (Å²) < 4.78 is 34.1. The van der Waals surface area contributed by atoms with Crippen molar-refractivity contribution in [3.63, 3.8) is 0 Å². The predicted molar refractivity (Wildman–Crippen MR) is 108 cm³/mol. The van der Waals surface area contributed by atoms with E-state index in [0.29, 0.717) is 25.1 Å². The van der Waals surface area contributed by atoms with Crippen LogP contribution in [0.1, 0.15) is 45.6 Å². The van der Waals surface area contributed by atoms with E-state index in [1.165, 1.54) is 13.0 Å². The number of amidine groups is 1. The molecule has 2 aliphatic heterocycles. The van der Waals surface area contributed by atoms with E-state index in [0.717, 1.165) is 12.8 Å². The molecule has 0 saturated carbocycles. The van der Waals surface area contributed by atoms with E-state index in [1.807, 2.05) is 13.8 Å². The molecule has 1 amide bonds. The molecule has 1 saturated heterocycles. The van der Waals surface area contributed by atoms with Crippen LogP contribution >= 0.6 is 0 Å². The Labute approximate surface area is 171 Å². The third-order valence-electron chi connectivity index (χ3n) is 5.01. The van der Waals surface area contributed by atoms with Crippen molar-refractivity contribution >= 4 is 27.7 Å². The second-order valence-corrected chi connectivity index (χ2v) is 9.38. The van der Waals surface area contributed by atoms with Crippen LogP contribution in [0.3, 0.4) is 0 Å². The lowest BCUT2D eigenvalue weighted by molar-refractivity contribution is -0.159. The number of carbonyl (C=O) groups excluding carboxylic acids is 2. The van der Waals surface area contributed by atoms with E-state index < -0.39 is 28.1 Å². The zero-order valence-corrected chi connectivity index (χ0v) is 17.7. The topological polar surface area (TPSA) is 105 Å². The van der Waals surface area contributed by atoms with Crippen LogP contribution in [-0.2, 0) is 24.3 Å². The molecule has 3 rings (SSSR count). The first-order valence-electron chi connectivity index (χ1n) is 9.90. The van der Waals surface area contributed by atoms with Crippen molar-refractivity contribution in [2.75, 3.05) is 13.1 Å². The number of rotatable bonds is 5. The van der Waals surface area contributed by atoms with Crippen LogP contribution in [0.25, 0.3) is 0 Å². The Morgan fingerprint density at radius 2 is 1.97 bits per heavy atom. The standard InChI is InChI=1S/C20H27N3O5S/c1-13(2)12-21-19(24)14(3)28-20(25)16-9-6-7-11-23(16)18-15-8-4-5-10-17(15)29(26,27)22-18/h4-5,8,10,13-14,16H,6-7,9,11-12H2,1-3H3,(H,21,24)/t14-,16-/m1/s1. The molecule has 2 heterocycles. The predicted octanol–water partition coefficient (Wildman–Crippen LogP) is 1.69. The maximum Gasteiger partial charge on any atom is 0.329 e. The van der Waals surface area contributed by atoms with Gasteiger partial charge in [0, 0.05) is 18.7 Å². The number of nitrogens with one attached hydrogen (secondary N) is 1. The number of sulfonamides is 1. The minimum atomic E-state index is -3.78. The van der Waals surface area contributed by atoms with Gasteiger partial charge in [-0.1, -0.05) is 26.0 Å². The number of carbonyl (C=O) groups is 2. The van der Waals surface area contributed by atoms with Gasteiger partial charge in [-0.15, -0.1) is 4.40 Å². The van der Waals surface area contributed by atoms with Crippen molar-refractivity contribution in [2.24, 2.45) is 10.3 Å². The fourth-order valence-corrected chi connectivity index (χ4v) is 4.70. The quantitative estimate of drug-likeness (QED) is 0.726. The molecule has 0 aliphatic carbocycles. The number of fused-ring (bicyclic) bond motifs is 1. The maximum atomic E-state index is 12.8. The average molecular weight is 422 g/mol. The van der Waals surface area contributed by atoms with Crippen LogP contribution < -0.4 is 5.32 Å². The van der Waals surface area contributed by atoms with Crippen LogP contribution in [0, 0.1) is 5.92 Å². The maximum absolute atomic E-state index is 12.8. The smallest absolute Gasteiger partial charge is 0.329 e. The van der Waals surface area contributed by atoms with E-state index in [4.69, 9.17) is 4.74 Å². The molecular weight excluding hydrogens is 394 g/mol. The summed E-state index contributed by atoms with van der Waals surface area (Å²) in [6.07, 6.45) is 1.22. The van der Waals surface area contributed by atoms with Crippen molar-refractivity contribution in [3.8, 4) is 0 Å². The first kappa shape index (κ1) is 21.3. The molecule has 29 heavy (non-hydrogen) atoms. The summed E-state index contributed by atoms with van der Waals surface area (Å²) in [5.41, 5.74) is 0.495. The number of benzene rings is 1. The summed E-state index contributed by atoms with van der Waals surface area (Å²) >= 11 is 0. The van der Waals surface area contributed by atoms with E-state index in [1.54, 1.807) is 23.1 Å². The Hall–Kier alpha value is -2.42. The highest BCUT2D eigenvalue weighted by molar-refractivity contribution is 7.90. The van der Waals surface area contributed by atoms with Crippen LogP contribution in [0.15, 0.2) is 33.6 Å². The van der Waals surface area contributed by atoms with Gasteiger partial charge in [-0.3, -0.25) is 4.79 Å². The highest BCUT2D eigenvalue weighted by atomic mass is 32.2. The van der Waals surface area contributed by atoms with Crippen LogP contribution in [0.4, 0.5) is 0 Å². The SMILES string of the molecule is CC(C)CNC(=O)[C@@H](C)OC(=O)[C@H]1CCCCN1C1=NS(=O)(=O)c2ccccc21. The number of esters is 1. The summed E-state index contributed by atoms with van der Waals surface area (Å²) in [5.74, 6) is -0.320. The Bertz CT molecular complexity index is 926. The molecule has 0 unspecified atom stereocenters. The number of piperidine rings is 1. The summed E-state index contributed by atoms with van der Waals surface area (Å²) in [6, 6.07) is 5.92. The lowest BCUT2D eigenvalue weighted by atomic mass is 10.0. The number of amides is 1. The van der Waals surface area contributed by atoms with Crippen LogP contribution in [0.5, 0.6) is 0 Å². The number of likely N-dealkylation sites (tertiary alicyclic amines) is 1. The van der Waals surface area contributed by atoms with Crippen LogP contribution in [-0.4, -0.2) is 56.3 Å². The minimum Gasteiger partial charge on any atom is -0.451 e. The normalized spacial score (nSPS) is 21.3. The summed E-state index contributed by atoms with van der Waals surface area (Å²) in [7, 11) is -3.78. The molecule has 2 aliphatic rings. The van der Waals surface area contributed by atoms with Crippen molar-refractivity contribution in [1.82, 2.24) is 10.2 Å². The van der Waals surface area contributed by atoms with Gasteiger partial charge in [-0.25, -0.2) is 4.79 Å². The number of ether oxygens (including phenoxy) is 1. The summed E-state index contributed by atoms with van der Waals surface area (Å²) in [4.78, 5) is 26.8. The van der Waals surface area contributed by atoms with Crippen LogP contribution in [0.2, 0.25) is 0 Å². The highest BCUT2D eigenvalue weighted by Gasteiger charge is 2.39. The number of nitrogens with zero attached hydrogens (tertiary/aromatic N) is 2. The Morgan fingerprint density at radius 1 is 1.24 bits per heavy atom. The van der Waals surface area contributed by atoms with Crippen molar-refractivity contribution in [3.05, 3.63) is 29.8 Å². The Morgan fingerprint density at radius 3 is 2.69 bits per heavy atom.